The minimum Gasteiger partial charge on any atom is -0.483 e. The molecule has 3 rings (SSSR count). The Balaban J connectivity index is 1.62. The lowest BCUT2D eigenvalue weighted by Gasteiger charge is -2.28. The average molecular weight is 496 g/mol. The van der Waals surface area contributed by atoms with Crippen molar-refractivity contribution >= 4 is 60.0 Å². The Labute approximate surface area is 174 Å². The third-order valence-electron chi connectivity index (χ3n) is 4.34. The number of fused-ring (bicyclic) bond motifs is 1. The van der Waals surface area contributed by atoms with Crippen molar-refractivity contribution in [1.29, 1.82) is 0 Å². The predicted octanol–water partition coefficient (Wildman–Crippen LogP) is 5.00. The third kappa shape index (κ3) is 5.17. The van der Waals surface area contributed by atoms with E-state index in [1.54, 1.807) is 0 Å². The van der Waals surface area contributed by atoms with Crippen LogP contribution in [0.4, 0.5) is 0 Å². The van der Waals surface area contributed by atoms with E-state index in [4.69, 9.17) is 4.74 Å². The topological polar surface area (TPSA) is 67.8 Å². The number of ether oxygens (including phenoxy) is 1. The number of Topliss-reactive ketones (excluding diaryl/α,β-unsaturated/α-hetero) is 1. The van der Waals surface area contributed by atoms with Gasteiger partial charge in [0.15, 0.2) is 6.61 Å². The molecular weight excluding hydrogens is 476 g/mol. The van der Waals surface area contributed by atoms with Crippen molar-refractivity contribution in [1.82, 2.24) is 5.43 Å². The number of hydrazone groups is 1. The van der Waals surface area contributed by atoms with E-state index in [9.17, 15) is 9.59 Å². The molecule has 0 unspecified atom stereocenters. The van der Waals surface area contributed by atoms with E-state index in [1.807, 2.05) is 44.2 Å². The largest absolute Gasteiger partial charge is 0.483 e. The standard InChI is InChI=1S/C20H20Br2N2O3/c1-20(2)9-14(8-15(25)10-20)23-24-18(26)11-27-17-6-3-12-7-13(21)4-5-16(12)19(17)22/h3-7H,8-11H2,1-2H3,(H,24,26)/b23-14+. The molecular formula is C20H20Br2N2O3. The van der Waals surface area contributed by atoms with Gasteiger partial charge in [-0.25, -0.2) is 5.43 Å². The molecule has 1 saturated carbocycles. The van der Waals surface area contributed by atoms with Crippen LogP contribution < -0.4 is 10.2 Å². The number of carbonyl (C=O) groups is 2. The summed E-state index contributed by atoms with van der Waals surface area (Å²) in [4.78, 5) is 23.9. The lowest BCUT2D eigenvalue weighted by Crippen LogP contribution is -2.32. The van der Waals surface area contributed by atoms with Crippen molar-refractivity contribution in [2.75, 3.05) is 6.61 Å². The van der Waals surface area contributed by atoms with Gasteiger partial charge in [-0.1, -0.05) is 41.9 Å². The van der Waals surface area contributed by atoms with Crippen LogP contribution in [0.3, 0.4) is 0 Å². The second-order valence-corrected chi connectivity index (χ2v) is 9.19. The monoisotopic (exact) mass is 494 g/mol. The van der Waals surface area contributed by atoms with E-state index in [2.05, 4.69) is 42.4 Å². The minimum atomic E-state index is -0.360. The summed E-state index contributed by atoms with van der Waals surface area (Å²) < 4.78 is 7.43. The van der Waals surface area contributed by atoms with Crippen LogP contribution >= 0.6 is 31.9 Å². The number of benzene rings is 2. The number of ketones is 1. The zero-order valence-corrected chi connectivity index (χ0v) is 18.3. The molecule has 1 N–H and O–H groups in total. The van der Waals surface area contributed by atoms with E-state index in [-0.39, 0.29) is 23.7 Å². The van der Waals surface area contributed by atoms with Crippen molar-refractivity contribution in [3.8, 4) is 5.75 Å². The molecule has 0 radical (unpaired) electrons. The highest BCUT2D eigenvalue weighted by Crippen LogP contribution is 2.34. The number of nitrogens with one attached hydrogen (secondary N) is 1. The molecule has 2 aromatic rings. The van der Waals surface area contributed by atoms with Gasteiger partial charge in [-0.05, 0) is 56.7 Å². The Bertz CT molecular complexity index is 938. The number of nitrogens with zero attached hydrogens (tertiary/aromatic N) is 1. The fourth-order valence-electron chi connectivity index (χ4n) is 3.25. The van der Waals surface area contributed by atoms with Crippen LogP contribution in [0.25, 0.3) is 10.8 Å². The summed E-state index contributed by atoms with van der Waals surface area (Å²) in [6.45, 7) is 3.90. The third-order valence-corrected chi connectivity index (χ3v) is 5.65. The highest BCUT2D eigenvalue weighted by molar-refractivity contribution is 9.11. The summed E-state index contributed by atoms with van der Waals surface area (Å²) in [5.74, 6) is 0.380. The van der Waals surface area contributed by atoms with Gasteiger partial charge in [-0.2, -0.15) is 5.10 Å². The number of rotatable bonds is 4. The highest BCUT2D eigenvalue weighted by atomic mass is 79.9. The van der Waals surface area contributed by atoms with Gasteiger partial charge < -0.3 is 4.74 Å². The van der Waals surface area contributed by atoms with Crippen LogP contribution in [0.2, 0.25) is 0 Å². The molecule has 1 fully saturated rings. The van der Waals surface area contributed by atoms with E-state index < -0.39 is 0 Å². The van der Waals surface area contributed by atoms with E-state index in [1.165, 1.54) is 0 Å². The zero-order valence-electron chi connectivity index (χ0n) is 15.1. The second-order valence-electron chi connectivity index (χ2n) is 7.48. The van der Waals surface area contributed by atoms with Crippen molar-refractivity contribution in [3.05, 3.63) is 39.3 Å². The van der Waals surface area contributed by atoms with Crippen LogP contribution in [0.15, 0.2) is 44.4 Å². The minimum absolute atomic E-state index is 0.111. The van der Waals surface area contributed by atoms with Crippen LogP contribution in [0.1, 0.15) is 33.1 Å². The molecule has 1 amide bonds. The van der Waals surface area contributed by atoms with Gasteiger partial charge in [0.05, 0.1) is 4.47 Å². The molecule has 7 heteroatoms. The Hall–Kier alpha value is -1.73. The first kappa shape index (κ1) is 20.0. The summed E-state index contributed by atoms with van der Waals surface area (Å²) in [6.07, 6.45) is 1.55. The van der Waals surface area contributed by atoms with Crippen LogP contribution in [0.5, 0.6) is 5.75 Å². The zero-order chi connectivity index (χ0) is 19.6. The molecule has 0 aromatic heterocycles. The Morgan fingerprint density at radius 2 is 2.00 bits per heavy atom. The molecule has 0 bridgehead atoms. The summed E-state index contributed by atoms with van der Waals surface area (Å²) in [5.41, 5.74) is 3.09. The summed E-state index contributed by atoms with van der Waals surface area (Å²) >= 11 is 6.99. The van der Waals surface area contributed by atoms with Crippen molar-refractivity contribution in [2.45, 2.75) is 33.1 Å². The summed E-state index contributed by atoms with van der Waals surface area (Å²) in [5, 5.41) is 6.18. The quantitative estimate of drug-likeness (QED) is 0.607. The van der Waals surface area contributed by atoms with Gasteiger partial charge in [0.2, 0.25) is 0 Å². The number of hydrogen-bond donors (Lipinski definition) is 1. The van der Waals surface area contributed by atoms with Gasteiger partial charge in [0, 0.05) is 23.0 Å². The molecule has 27 heavy (non-hydrogen) atoms. The molecule has 5 nitrogen and oxygen atoms in total. The number of hydrogen-bond acceptors (Lipinski definition) is 4. The molecule has 142 valence electrons. The molecule has 0 heterocycles. The van der Waals surface area contributed by atoms with Gasteiger partial charge in [-0.3, -0.25) is 9.59 Å². The maximum absolute atomic E-state index is 12.1. The summed E-state index contributed by atoms with van der Waals surface area (Å²) in [6, 6.07) is 9.70. The lowest BCUT2D eigenvalue weighted by molar-refractivity contribution is -0.123. The van der Waals surface area contributed by atoms with Gasteiger partial charge in [0.25, 0.3) is 5.91 Å². The van der Waals surface area contributed by atoms with E-state index in [0.29, 0.717) is 30.7 Å². The normalized spacial score (nSPS) is 17.9. The number of carbonyl (C=O) groups excluding carboxylic acids is 2. The SMILES string of the molecule is CC1(C)CC(=O)C/C(=N\NC(=O)COc2ccc3cc(Br)ccc3c2Br)C1. The maximum atomic E-state index is 12.1. The fraction of sp³-hybridized carbons (Fsp3) is 0.350. The molecule has 0 aliphatic heterocycles. The van der Waals surface area contributed by atoms with Crippen LogP contribution in [0, 0.1) is 5.41 Å². The van der Waals surface area contributed by atoms with Crippen LogP contribution in [-0.2, 0) is 9.59 Å². The maximum Gasteiger partial charge on any atom is 0.277 e. The van der Waals surface area contributed by atoms with Gasteiger partial charge >= 0.3 is 0 Å². The molecule has 1 aliphatic rings. The second kappa shape index (κ2) is 8.10. The highest BCUT2D eigenvalue weighted by Gasteiger charge is 2.30. The first-order chi connectivity index (χ1) is 12.7. The summed E-state index contributed by atoms with van der Waals surface area (Å²) in [7, 11) is 0. The average Bonchev–Trinajstić information content (AvgIpc) is 2.57. The lowest BCUT2D eigenvalue weighted by atomic mass is 9.76. The van der Waals surface area contributed by atoms with Crippen molar-refractivity contribution in [3.63, 3.8) is 0 Å². The Morgan fingerprint density at radius 1 is 1.22 bits per heavy atom. The predicted molar refractivity (Wildman–Crippen MR) is 113 cm³/mol. The Morgan fingerprint density at radius 3 is 2.74 bits per heavy atom. The smallest absolute Gasteiger partial charge is 0.277 e. The van der Waals surface area contributed by atoms with Gasteiger partial charge in [0.1, 0.15) is 11.5 Å². The molecule has 2 aromatic carbocycles. The molecule has 0 spiro atoms. The van der Waals surface area contributed by atoms with Gasteiger partial charge in [-0.15, -0.1) is 0 Å². The van der Waals surface area contributed by atoms with Crippen molar-refractivity contribution < 1.29 is 14.3 Å². The first-order valence-corrected chi connectivity index (χ1v) is 10.2. The number of halogens is 2. The van der Waals surface area contributed by atoms with Crippen LogP contribution in [-0.4, -0.2) is 24.0 Å². The molecule has 0 atom stereocenters. The van der Waals surface area contributed by atoms with E-state index >= 15 is 0 Å². The van der Waals surface area contributed by atoms with Crippen molar-refractivity contribution in [2.24, 2.45) is 10.5 Å². The molecule has 1 aliphatic carbocycles. The number of amides is 1. The Kier molecular flexibility index (Phi) is 6.01. The van der Waals surface area contributed by atoms with E-state index in [0.717, 1.165) is 19.7 Å². The molecule has 0 saturated heterocycles. The first-order valence-electron chi connectivity index (χ1n) is 8.60. The fourth-order valence-corrected chi connectivity index (χ4v) is 4.24.